The van der Waals surface area contributed by atoms with E-state index in [1.807, 2.05) is 6.92 Å². The lowest BCUT2D eigenvalue weighted by molar-refractivity contribution is -0.123. The van der Waals surface area contributed by atoms with Crippen LogP contribution in [-0.4, -0.2) is 50.0 Å². The van der Waals surface area contributed by atoms with Gasteiger partial charge >= 0.3 is 0 Å². The normalized spacial score (nSPS) is 14.7. The first-order valence-electron chi connectivity index (χ1n) is 5.29. The van der Waals surface area contributed by atoms with E-state index in [1.54, 1.807) is 14.0 Å². The molecule has 2 atom stereocenters. The number of ether oxygens (including phenoxy) is 1. The highest BCUT2D eigenvalue weighted by atomic mass is 16.5. The number of hydrogen-bond acceptors (Lipinski definition) is 4. The van der Waals surface area contributed by atoms with Crippen LogP contribution in [0.4, 0.5) is 0 Å². The molecule has 0 aromatic heterocycles. The van der Waals surface area contributed by atoms with Crippen molar-refractivity contribution in [2.24, 2.45) is 0 Å². The maximum Gasteiger partial charge on any atom is 0.236 e. The second-order valence-corrected chi connectivity index (χ2v) is 3.45. The second-order valence-electron chi connectivity index (χ2n) is 3.45. The number of amides is 1. The molecule has 1 amide bonds. The Morgan fingerprint density at radius 3 is 2.67 bits per heavy atom. The predicted molar refractivity (Wildman–Crippen MR) is 58.6 cm³/mol. The molecule has 0 aliphatic heterocycles. The summed E-state index contributed by atoms with van der Waals surface area (Å²) < 4.78 is 4.99. The highest BCUT2D eigenvalue weighted by Crippen LogP contribution is 1.95. The van der Waals surface area contributed by atoms with Crippen molar-refractivity contribution in [3.63, 3.8) is 0 Å². The third kappa shape index (κ3) is 6.43. The van der Waals surface area contributed by atoms with Gasteiger partial charge in [0.15, 0.2) is 0 Å². The Bertz CT molecular complexity index is 170. The van der Waals surface area contributed by atoms with Gasteiger partial charge in [0.25, 0.3) is 0 Å². The van der Waals surface area contributed by atoms with Crippen molar-refractivity contribution in [2.45, 2.75) is 32.4 Å². The highest BCUT2D eigenvalue weighted by Gasteiger charge is 2.16. The van der Waals surface area contributed by atoms with Crippen LogP contribution in [-0.2, 0) is 9.53 Å². The lowest BCUT2D eigenvalue weighted by Gasteiger charge is -2.21. The minimum Gasteiger partial charge on any atom is -0.396 e. The van der Waals surface area contributed by atoms with Gasteiger partial charge in [0.2, 0.25) is 5.91 Å². The van der Waals surface area contributed by atoms with Crippen LogP contribution in [0, 0.1) is 0 Å². The van der Waals surface area contributed by atoms with Crippen LogP contribution in [0.1, 0.15) is 20.3 Å². The molecule has 0 radical (unpaired) electrons. The fourth-order valence-corrected chi connectivity index (χ4v) is 1.33. The number of carbonyl (C=O) groups excluding carboxylic acids is 1. The molecule has 0 spiro atoms. The van der Waals surface area contributed by atoms with Crippen molar-refractivity contribution < 1.29 is 14.6 Å². The van der Waals surface area contributed by atoms with Crippen molar-refractivity contribution >= 4 is 5.91 Å². The Morgan fingerprint density at radius 2 is 2.20 bits per heavy atom. The Hall–Kier alpha value is -0.650. The van der Waals surface area contributed by atoms with Crippen LogP contribution in [0.25, 0.3) is 0 Å². The van der Waals surface area contributed by atoms with E-state index >= 15 is 0 Å². The first-order chi connectivity index (χ1) is 7.15. The van der Waals surface area contributed by atoms with Gasteiger partial charge in [0.1, 0.15) is 0 Å². The second kappa shape index (κ2) is 8.64. The Labute approximate surface area is 91.2 Å². The Morgan fingerprint density at radius 1 is 1.53 bits per heavy atom. The molecule has 5 heteroatoms. The average molecular weight is 218 g/mol. The fraction of sp³-hybridized carbons (Fsp3) is 0.900. The SMILES string of the molecule is CCNC(=O)C(C)NC(CCO)COC. The van der Waals surface area contributed by atoms with Gasteiger partial charge in [-0.1, -0.05) is 0 Å². The molecular weight excluding hydrogens is 196 g/mol. The van der Waals surface area contributed by atoms with Crippen LogP contribution in [0.15, 0.2) is 0 Å². The zero-order chi connectivity index (χ0) is 11.7. The molecule has 0 saturated carbocycles. The maximum atomic E-state index is 11.4. The summed E-state index contributed by atoms with van der Waals surface area (Å²) in [6.07, 6.45) is 0.581. The third-order valence-corrected chi connectivity index (χ3v) is 2.08. The van der Waals surface area contributed by atoms with Crippen molar-refractivity contribution in [3.05, 3.63) is 0 Å². The van der Waals surface area contributed by atoms with Gasteiger partial charge in [0.05, 0.1) is 12.6 Å². The lowest BCUT2D eigenvalue weighted by Crippen LogP contribution is -2.48. The summed E-state index contributed by atoms with van der Waals surface area (Å²) in [5.74, 6) is -0.0310. The monoisotopic (exact) mass is 218 g/mol. The minimum absolute atomic E-state index is 0.0117. The van der Waals surface area contributed by atoms with Crippen LogP contribution in [0.3, 0.4) is 0 Å². The van der Waals surface area contributed by atoms with Gasteiger partial charge < -0.3 is 20.5 Å². The molecule has 0 aliphatic carbocycles. The zero-order valence-electron chi connectivity index (χ0n) is 9.75. The number of carbonyl (C=O) groups is 1. The fourth-order valence-electron chi connectivity index (χ4n) is 1.33. The van der Waals surface area contributed by atoms with Crippen LogP contribution in [0.5, 0.6) is 0 Å². The van der Waals surface area contributed by atoms with Gasteiger partial charge in [-0.15, -0.1) is 0 Å². The number of likely N-dealkylation sites (N-methyl/N-ethyl adjacent to an activating group) is 1. The molecule has 15 heavy (non-hydrogen) atoms. The smallest absolute Gasteiger partial charge is 0.236 e. The van der Waals surface area contributed by atoms with Crippen molar-refractivity contribution in [2.75, 3.05) is 26.9 Å². The predicted octanol–water partition coefficient (Wildman–Crippen LogP) is -0.502. The molecule has 5 nitrogen and oxygen atoms in total. The molecule has 0 aromatic carbocycles. The van der Waals surface area contributed by atoms with E-state index in [0.717, 1.165) is 0 Å². The summed E-state index contributed by atoms with van der Waals surface area (Å²) in [4.78, 5) is 11.4. The first kappa shape index (κ1) is 14.3. The Balaban J connectivity index is 3.96. The summed E-state index contributed by atoms with van der Waals surface area (Å²) in [7, 11) is 1.60. The molecule has 0 rings (SSSR count). The van der Waals surface area contributed by atoms with E-state index in [1.165, 1.54) is 0 Å². The number of rotatable bonds is 8. The van der Waals surface area contributed by atoms with Gasteiger partial charge in [-0.05, 0) is 20.3 Å². The van der Waals surface area contributed by atoms with E-state index in [-0.39, 0.29) is 24.6 Å². The van der Waals surface area contributed by atoms with Gasteiger partial charge in [0, 0.05) is 26.3 Å². The van der Waals surface area contributed by atoms with E-state index in [2.05, 4.69) is 10.6 Å². The lowest BCUT2D eigenvalue weighted by atomic mass is 10.2. The Kier molecular flexibility index (Phi) is 8.27. The molecule has 3 N–H and O–H groups in total. The topological polar surface area (TPSA) is 70.6 Å². The number of hydrogen-bond donors (Lipinski definition) is 3. The number of aliphatic hydroxyl groups is 1. The third-order valence-electron chi connectivity index (χ3n) is 2.08. The van der Waals surface area contributed by atoms with E-state index in [9.17, 15) is 4.79 Å². The first-order valence-corrected chi connectivity index (χ1v) is 5.29. The number of methoxy groups -OCH3 is 1. The molecule has 0 heterocycles. The van der Waals surface area contributed by atoms with Crippen molar-refractivity contribution in [3.8, 4) is 0 Å². The summed E-state index contributed by atoms with van der Waals surface area (Å²) >= 11 is 0. The van der Waals surface area contributed by atoms with Crippen LogP contribution in [0.2, 0.25) is 0 Å². The van der Waals surface area contributed by atoms with Gasteiger partial charge in [-0.25, -0.2) is 0 Å². The van der Waals surface area contributed by atoms with Gasteiger partial charge in [-0.3, -0.25) is 4.79 Å². The summed E-state index contributed by atoms with van der Waals surface area (Å²) in [5.41, 5.74) is 0. The van der Waals surface area contributed by atoms with Crippen molar-refractivity contribution in [1.29, 1.82) is 0 Å². The molecule has 0 aliphatic rings. The minimum atomic E-state index is -0.267. The zero-order valence-corrected chi connectivity index (χ0v) is 9.75. The molecule has 2 unspecified atom stereocenters. The molecule has 0 saturated heterocycles. The van der Waals surface area contributed by atoms with Gasteiger partial charge in [-0.2, -0.15) is 0 Å². The van der Waals surface area contributed by atoms with E-state index in [0.29, 0.717) is 19.6 Å². The van der Waals surface area contributed by atoms with E-state index < -0.39 is 0 Å². The summed E-state index contributed by atoms with van der Waals surface area (Å²) in [6, 6.07) is -0.255. The highest BCUT2D eigenvalue weighted by molar-refractivity contribution is 5.81. The van der Waals surface area contributed by atoms with Crippen LogP contribution < -0.4 is 10.6 Å². The summed E-state index contributed by atoms with van der Waals surface area (Å²) in [6.45, 7) is 4.88. The molecule has 0 aromatic rings. The maximum absolute atomic E-state index is 11.4. The quantitative estimate of drug-likeness (QED) is 0.513. The number of aliphatic hydroxyl groups excluding tert-OH is 1. The standard InChI is InChI=1S/C10H22N2O3/c1-4-11-10(14)8(2)12-9(5-6-13)7-15-3/h8-9,12-13H,4-7H2,1-3H3,(H,11,14). The molecule has 90 valence electrons. The number of nitrogens with one attached hydrogen (secondary N) is 2. The summed E-state index contributed by atoms with van der Waals surface area (Å²) in [5, 5.41) is 14.7. The molecule has 0 bridgehead atoms. The van der Waals surface area contributed by atoms with E-state index in [4.69, 9.17) is 9.84 Å². The van der Waals surface area contributed by atoms with Crippen molar-refractivity contribution in [1.82, 2.24) is 10.6 Å². The van der Waals surface area contributed by atoms with Crippen LogP contribution >= 0.6 is 0 Å². The largest absolute Gasteiger partial charge is 0.396 e. The molecule has 0 fully saturated rings. The molecular formula is C10H22N2O3. The average Bonchev–Trinajstić information content (AvgIpc) is 2.18.